The predicted octanol–water partition coefficient (Wildman–Crippen LogP) is 32.7. The van der Waals surface area contributed by atoms with E-state index in [2.05, 4.69) is 455 Å². The normalized spacial score (nSPS) is 11.5. The Bertz CT molecular complexity index is 8300. The van der Waals surface area contributed by atoms with E-state index < -0.39 is 0 Å². The van der Waals surface area contributed by atoms with Crippen molar-refractivity contribution in [1.29, 1.82) is 0 Å². The molecule has 12 heteroatoms. The van der Waals surface area contributed by atoms with Crippen LogP contribution in [0.25, 0.3) is 156 Å². The topological polar surface area (TPSA) is 100 Å². The Morgan fingerprint density at radius 2 is 0.360 bits per heavy atom. The minimum absolute atomic E-state index is 0.599. The number of hydrogen-bond acceptors (Lipinski definition) is 10. The molecule has 0 radical (unpaired) electrons. The molecule has 0 saturated carbocycles. The summed E-state index contributed by atoms with van der Waals surface area (Å²) in [6.45, 7) is 4.42. The van der Waals surface area contributed by atoms with E-state index in [0.29, 0.717) is 34.9 Å². The largest absolute Gasteiger partial charge is 0.310 e. The van der Waals surface area contributed by atoms with Crippen LogP contribution in [0, 0.1) is 13.8 Å². The van der Waals surface area contributed by atoms with Crippen molar-refractivity contribution in [3.8, 4) is 90.8 Å². The van der Waals surface area contributed by atoms with Gasteiger partial charge in [0.2, 0.25) is 0 Å². The van der Waals surface area contributed by atoms with E-state index in [1.807, 2.05) is 72.8 Å². The Morgan fingerprint density at radius 1 is 0.154 bits per heavy atom. The zero-order valence-corrected chi connectivity index (χ0v) is 74.6. The summed E-state index contributed by atoms with van der Waals surface area (Å²) in [7, 11) is 0. The summed E-state index contributed by atoms with van der Waals surface area (Å²) in [5.41, 5.74) is 28.6. The lowest BCUT2D eigenvalue weighted by molar-refractivity contribution is 1.07. The van der Waals surface area contributed by atoms with E-state index in [0.717, 1.165) is 200 Å². The Morgan fingerprint density at radius 3 is 0.625 bits per heavy atom. The van der Waals surface area contributed by atoms with Gasteiger partial charge in [0, 0.05) is 134 Å². The minimum Gasteiger partial charge on any atom is -0.310 e. The van der Waals surface area contributed by atoms with Crippen molar-refractivity contribution in [3.05, 3.63) is 496 Å². The first-order valence-corrected chi connectivity index (χ1v) is 46.0. The quantitative estimate of drug-likeness (QED) is 0.0647. The molecule has 0 amide bonds. The number of aromatic nitrogens is 8. The molecule has 12 nitrogen and oxygen atoms in total. The number of rotatable bonds is 21. The second-order valence-corrected chi connectivity index (χ2v) is 34.3. The van der Waals surface area contributed by atoms with Gasteiger partial charge in [-0.25, -0.2) is 29.9 Å². The summed E-state index contributed by atoms with van der Waals surface area (Å²) in [5.74, 6) is 3.66. The molecule has 0 fully saturated rings. The average Bonchev–Trinajstić information content (AvgIpc) is 1.50. The first-order chi connectivity index (χ1) is 67.3. The number of aryl methyl sites for hydroxylation is 2. The fourth-order valence-corrected chi connectivity index (χ4v) is 19.8. The summed E-state index contributed by atoms with van der Waals surface area (Å²) in [6, 6.07) is 173. The smallest absolute Gasteiger partial charge is 0.165 e. The van der Waals surface area contributed by atoms with Gasteiger partial charge in [-0.1, -0.05) is 303 Å². The van der Waals surface area contributed by atoms with Crippen LogP contribution in [0.5, 0.6) is 0 Å². The Kier molecular flexibility index (Phi) is 20.8. The number of benzene rings is 20. The average molecular weight is 1740 g/mol. The van der Waals surface area contributed by atoms with Crippen molar-refractivity contribution < 1.29 is 0 Å². The molecule has 0 unspecified atom stereocenters. The number of hydrogen-bond donors (Lipinski definition) is 0. The van der Waals surface area contributed by atoms with Gasteiger partial charge in [-0.2, -0.15) is 0 Å². The Balaban J connectivity index is 0.621. The monoisotopic (exact) mass is 1740 g/mol. The molecule has 0 aliphatic heterocycles. The van der Waals surface area contributed by atoms with E-state index >= 15 is 0 Å². The van der Waals surface area contributed by atoms with Crippen LogP contribution in [-0.2, 0) is 0 Å². The molecule has 4 heterocycles. The zero-order chi connectivity index (χ0) is 90.5. The highest BCUT2D eigenvalue weighted by Crippen LogP contribution is 2.50. The molecule has 0 atom stereocenters. The van der Waals surface area contributed by atoms with Crippen LogP contribution in [0.4, 0.5) is 68.2 Å². The minimum atomic E-state index is 0.599. The first kappa shape index (κ1) is 81.0. The fourth-order valence-electron chi connectivity index (χ4n) is 19.8. The van der Waals surface area contributed by atoms with E-state index in [4.69, 9.17) is 29.9 Å². The number of anilines is 12. The third kappa shape index (κ3) is 14.9. The molecule has 0 saturated heterocycles. The molecule has 0 N–H and O–H groups in total. The molecule has 24 rings (SSSR count). The van der Waals surface area contributed by atoms with Gasteiger partial charge in [-0.15, -0.1) is 0 Å². The van der Waals surface area contributed by atoms with Crippen molar-refractivity contribution in [2.75, 3.05) is 19.6 Å². The molecule has 0 aliphatic rings. The van der Waals surface area contributed by atoms with Crippen molar-refractivity contribution in [2.45, 2.75) is 13.8 Å². The molecule has 0 spiro atoms. The van der Waals surface area contributed by atoms with Crippen LogP contribution in [-0.4, -0.2) is 39.0 Å². The predicted molar refractivity (Wildman–Crippen MR) is 563 cm³/mol. The second kappa shape index (κ2) is 34.9. The maximum Gasteiger partial charge on any atom is 0.165 e. The van der Waals surface area contributed by atoms with Crippen molar-refractivity contribution >= 4 is 133 Å². The first-order valence-electron chi connectivity index (χ1n) is 46.0. The Hall–Kier alpha value is -18.3. The van der Waals surface area contributed by atoms with Gasteiger partial charge in [0.05, 0.1) is 33.4 Å². The maximum absolute atomic E-state index is 5.41. The van der Waals surface area contributed by atoms with Gasteiger partial charge in [0.15, 0.2) is 34.9 Å². The summed E-state index contributed by atoms with van der Waals surface area (Å²) in [4.78, 5) is 40.9. The lowest BCUT2D eigenvalue weighted by atomic mass is 9.93. The van der Waals surface area contributed by atoms with Crippen molar-refractivity contribution in [3.63, 3.8) is 0 Å². The number of para-hydroxylation sites is 6. The molecular weight excluding hydrogens is 1660 g/mol. The highest BCUT2D eigenvalue weighted by Gasteiger charge is 2.29. The lowest BCUT2D eigenvalue weighted by Gasteiger charge is -2.26. The number of nitrogens with zero attached hydrogens (tertiary/aromatic N) is 12. The van der Waals surface area contributed by atoms with Gasteiger partial charge >= 0.3 is 0 Å². The highest BCUT2D eigenvalue weighted by atomic mass is 15.2. The van der Waals surface area contributed by atoms with Crippen molar-refractivity contribution in [1.82, 2.24) is 39.0 Å². The molecule has 136 heavy (non-hydrogen) atoms. The molecule has 20 aromatic carbocycles. The fraction of sp³-hybridized carbons (Fsp3) is 0.0161. The van der Waals surface area contributed by atoms with Crippen molar-refractivity contribution in [2.24, 2.45) is 0 Å². The van der Waals surface area contributed by atoms with E-state index in [1.165, 1.54) is 0 Å². The summed E-state index contributed by atoms with van der Waals surface area (Å²) < 4.78 is 4.96. The van der Waals surface area contributed by atoms with Crippen LogP contribution in [0.2, 0.25) is 0 Å². The third-order valence-corrected chi connectivity index (χ3v) is 25.9. The Labute approximate surface area is 787 Å². The third-order valence-electron chi connectivity index (χ3n) is 25.9. The summed E-state index contributed by atoms with van der Waals surface area (Å²) in [5, 5.41) is 8.54. The maximum atomic E-state index is 5.41. The van der Waals surface area contributed by atoms with Gasteiger partial charge in [0.1, 0.15) is 0 Å². The number of fused-ring (bicyclic) bond motifs is 8. The van der Waals surface area contributed by atoms with Crippen LogP contribution < -0.4 is 19.6 Å². The van der Waals surface area contributed by atoms with Crippen LogP contribution in [0.1, 0.15) is 11.1 Å². The summed E-state index contributed by atoms with van der Waals surface area (Å²) in [6.07, 6.45) is 0. The van der Waals surface area contributed by atoms with Gasteiger partial charge < -0.3 is 28.7 Å². The van der Waals surface area contributed by atoms with Crippen LogP contribution >= 0.6 is 0 Å². The molecule has 642 valence electrons. The lowest BCUT2D eigenvalue weighted by Crippen LogP contribution is -2.10. The van der Waals surface area contributed by atoms with Crippen LogP contribution in [0.3, 0.4) is 0 Å². The van der Waals surface area contributed by atoms with E-state index in [1.54, 1.807) is 0 Å². The van der Waals surface area contributed by atoms with Gasteiger partial charge in [-0.3, -0.25) is 0 Å². The van der Waals surface area contributed by atoms with Gasteiger partial charge in [0.25, 0.3) is 0 Å². The molecule has 24 aromatic rings. The standard InChI is InChI=1S/C124H86N12/c1-83-77-91(123-127-119(87-37-13-3-14-38-87)125-120(128-123)88-39-15-4-16-40-88)78-84(2)117(83)135-112-73-69-100(131(92-45-21-7-22-46-92)93-47-23-8-24-48-93)79-108(112)109-81-102(70-74-113(109)135)133(96-53-29-11-30-54-96)98-65-61-85(62-66-98)86-63-67-99(68-64-86)134(97-55-31-12-32-56-97)103-72-76-115-111(82-103)110-80-101(132(94-49-25-9-26-50-94)95-51-27-10-28-52-95)71-75-114(110)136(115)118-106-59-35-33-57-104(106)116(105-58-34-36-60-107(105)118)124-129-121(89-41-17-5-18-42-89)126-122(130-124)90-43-19-6-20-44-90/h3-82H,1-2H3. The highest BCUT2D eigenvalue weighted by molar-refractivity contribution is 6.21. The SMILES string of the molecule is Cc1cc(-c2nc(-c3ccccc3)nc(-c3ccccc3)n2)cc(C)c1-n1c2ccc(N(c3ccccc3)c3ccccc3)cc2c2cc(N(c3ccccc3)c3ccc(-c4ccc(N(c5ccccc5)c5ccc6c(c5)c5cc(N(c7ccccc7)c7ccccc7)ccc5n6-c5c6ccccc6c(-c6nc(-c7ccccc7)nc(-c7ccccc7)n6)c6ccccc56)cc4)cc3)ccc21. The molecular formula is C124H86N12. The van der Waals surface area contributed by atoms with Gasteiger partial charge in [-0.05, 0) is 229 Å². The van der Waals surface area contributed by atoms with E-state index in [9.17, 15) is 0 Å². The molecule has 4 aromatic heterocycles. The van der Waals surface area contributed by atoms with E-state index in [-0.39, 0.29) is 0 Å². The summed E-state index contributed by atoms with van der Waals surface area (Å²) >= 11 is 0. The molecule has 0 aliphatic carbocycles. The second-order valence-electron chi connectivity index (χ2n) is 34.3. The van der Waals surface area contributed by atoms with Crippen LogP contribution in [0.15, 0.2) is 485 Å². The zero-order valence-electron chi connectivity index (χ0n) is 74.6. The molecule has 0 bridgehead atoms.